The minimum absolute atomic E-state index is 0.0462. The molecule has 4 aliphatic carbocycles. The highest BCUT2D eigenvalue weighted by molar-refractivity contribution is 5.28. The fourth-order valence-electron chi connectivity index (χ4n) is 7.40. The van der Waals surface area contributed by atoms with Gasteiger partial charge in [-0.1, -0.05) is 19.4 Å². The zero-order valence-corrected chi connectivity index (χ0v) is 14.7. The van der Waals surface area contributed by atoms with Crippen LogP contribution < -0.4 is 0 Å². The van der Waals surface area contributed by atoms with Crippen LogP contribution in [0, 0.1) is 45.8 Å². The molecule has 0 amide bonds. The molecular weight excluding hydrogens is 282 g/mol. The van der Waals surface area contributed by atoms with Crippen LogP contribution in [0.2, 0.25) is 0 Å². The summed E-state index contributed by atoms with van der Waals surface area (Å²) in [4.78, 5) is 0. The second kappa shape index (κ2) is 5.35. The van der Waals surface area contributed by atoms with E-state index in [4.69, 9.17) is 5.26 Å². The number of hydrogen-bond acceptors (Lipinski definition) is 2. The molecule has 4 rings (SSSR count). The van der Waals surface area contributed by atoms with Gasteiger partial charge >= 0.3 is 0 Å². The summed E-state index contributed by atoms with van der Waals surface area (Å²) < 4.78 is 0. The van der Waals surface area contributed by atoms with Gasteiger partial charge in [0.2, 0.25) is 0 Å². The number of allylic oxidation sites excluding steroid dienone is 2. The molecule has 23 heavy (non-hydrogen) atoms. The van der Waals surface area contributed by atoms with Crippen LogP contribution in [0.5, 0.6) is 0 Å². The van der Waals surface area contributed by atoms with Crippen molar-refractivity contribution in [3.63, 3.8) is 0 Å². The standard InChI is InChI=1S/C21H31NO/c1-20-11-8-19-17(18(20)6-4-14(20)9-12-22)5-3-15-13-16(23)7-10-21(15,19)2/h9,15-19,23H,3-8,10-11,13H2,1-2H3/b14-9-/t15-,16+,17-,18?,19?,20+,21-/m0/s1. The summed E-state index contributed by atoms with van der Waals surface area (Å²) >= 11 is 0. The fourth-order valence-corrected chi connectivity index (χ4v) is 7.40. The zero-order chi connectivity index (χ0) is 16.2. The van der Waals surface area contributed by atoms with Crippen molar-refractivity contribution < 1.29 is 5.11 Å². The molecule has 4 fully saturated rings. The van der Waals surface area contributed by atoms with Crippen LogP contribution in [0.25, 0.3) is 0 Å². The van der Waals surface area contributed by atoms with Crippen LogP contribution in [-0.4, -0.2) is 11.2 Å². The van der Waals surface area contributed by atoms with Gasteiger partial charge in [0, 0.05) is 6.08 Å². The molecule has 4 aliphatic rings. The molecule has 0 radical (unpaired) electrons. The Hall–Kier alpha value is -0.810. The van der Waals surface area contributed by atoms with Crippen LogP contribution in [0.1, 0.15) is 71.6 Å². The van der Waals surface area contributed by atoms with E-state index in [1.165, 1.54) is 44.1 Å². The number of fused-ring (bicyclic) bond motifs is 5. The van der Waals surface area contributed by atoms with Crippen molar-refractivity contribution in [2.75, 3.05) is 0 Å². The molecule has 0 aromatic carbocycles. The molecule has 4 saturated carbocycles. The Kier molecular flexibility index (Phi) is 3.65. The van der Waals surface area contributed by atoms with Crippen molar-refractivity contribution in [1.29, 1.82) is 5.26 Å². The van der Waals surface area contributed by atoms with Crippen molar-refractivity contribution in [1.82, 2.24) is 0 Å². The summed E-state index contributed by atoms with van der Waals surface area (Å²) in [5, 5.41) is 19.2. The van der Waals surface area contributed by atoms with Gasteiger partial charge in [-0.2, -0.15) is 5.26 Å². The summed E-state index contributed by atoms with van der Waals surface area (Å²) in [5.41, 5.74) is 2.20. The van der Waals surface area contributed by atoms with Gasteiger partial charge in [-0.15, -0.1) is 0 Å². The zero-order valence-electron chi connectivity index (χ0n) is 14.7. The summed E-state index contributed by atoms with van der Waals surface area (Å²) in [6, 6.07) is 2.31. The number of nitriles is 1. The normalized spacial score (nSPS) is 54.0. The third kappa shape index (κ3) is 2.15. The second-order valence-electron chi connectivity index (χ2n) is 9.38. The van der Waals surface area contributed by atoms with E-state index < -0.39 is 0 Å². The number of aliphatic hydroxyl groups is 1. The lowest BCUT2D eigenvalue weighted by Crippen LogP contribution is -2.53. The predicted octanol–water partition coefficient (Wildman–Crippen LogP) is 4.84. The fraction of sp³-hybridized carbons (Fsp3) is 0.857. The third-order valence-electron chi connectivity index (χ3n) is 8.72. The summed E-state index contributed by atoms with van der Waals surface area (Å²) in [5.74, 6) is 3.25. The Labute approximate surface area is 141 Å². The molecule has 0 aromatic rings. The number of rotatable bonds is 0. The Morgan fingerprint density at radius 2 is 1.91 bits per heavy atom. The number of aliphatic hydroxyl groups excluding tert-OH is 1. The first kappa shape index (κ1) is 15.7. The van der Waals surface area contributed by atoms with Gasteiger partial charge in [0.1, 0.15) is 0 Å². The first-order chi connectivity index (χ1) is 11.0. The molecule has 2 nitrogen and oxygen atoms in total. The molecule has 0 bridgehead atoms. The van der Waals surface area contributed by atoms with Crippen LogP contribution >= 0.6 is 0 Å². The molecule has 0 aromatic heterocycles. The smallest absolute Gasteiger partial charge is 0.0911 e. The van der Waals surface area contributed by atoms with Crippen molar-refractivity contribution in [3.8, 4) is 6.07 Å². The molecular formula is C21H31NO. The van der Waals surface area contributed by atoms with Gasteiger partial charge in [-0.05, 0) is 92.3 Å². The summed E-state index contributed by atoms with van der Waals surface area (Å²) in [7, 11) is 0. The highest BCUT2D eigenvalue weighted by Gasteiger charge is 2.58. The molecule has 0 aliphatic heterocycles. The maximum absolute atomic E-state index is 10.1. The van der Waals surface area contributed by atoms with Crippen LogP contribution in [-0.2, 0) is 0 Å². The topological polar surface area (TPSA) is 44.0 Å². The van der Waals surface area contributed by atoms with Gasteiger partial charge in [0.15, 0.2) is 0 Å². The largest absolute Gasteiger partial charge is 0.393 e. The minimum atomic E-state index is -0.0462. The second-order valence-corrected chi connectivity index (χ2v) is 9.38. The van der Waals surface area contributed by atoms with E-state index >= 15 is 0 Å². The SMILES string of the molecule is C[C@]12CCC3[C@@H](CC[C@H]4C[C@H](O)CC[C@]34C)C1CC/C2=C/C#N. The van der Waals surface area contributed by atoms with Crippen molar-refractivity contribution in [2.45, 2.75) is 77.7 Å². The van der Waals surface area contributed by atoms with Gasteiger partial charge in [-0.25, -0.2) is 0 Å². The van der Waals surface area contributed by atoms with Crippen LogP contribution in [0.3, 0.4) is 0 Å². The first-order valence-electron chi connectivity index (χ1n) is 9.76. The van der Waals surface area contributed by atoms with E-state index in [1.807, 2.05) is 6.08 Å². The third-order valence-corrected chi connectivity index (χ3v) is 8.72. The number of hydrogen-bond donors (Lipinski definition) is 1. The van der Waals surface area contributed by atoms with Gasteiger partial charge in [-0.3, -0.25) is 0 Å². The van der Waals surface area contributed by atoms with E-state index in [0.717, 1.165) is 42.9 Å². The van der Waals surface area contributed by atoms with Gasteiger partial charge in [0.25, 0.3) is 0 Å². The Morgan fingerprint density at radius 1 is 1.09 bits per heavy atom. The molecule has 0 heterocycles. The molecule has 1 N–H and O–H groups in total. The summed E-state index contributed by atoms with van der Waals surface area (Å²) in [6.07, 6.45) is 12.8. The molecule has 2 unspecified atom stereocenters. The quantitative estimate of drug-likeness (QED) is 0.650. The average Bonchev–Trinajstić information content (AvgIpc) is 2.85. The first-order valence-corrected chi connectivity index (χ1v) is 9.76. The van der Waals surface area contributed by atoms with E-state index in [2.05, 4.69) is 19.9 Å². The van der Waals surface area contributed by atoms with E-state index in [-0.39, 0.29) is 6.10 Å². The lowest BCUT2D eigenvalue weighted by Gasteiger charge is -2.60. The number of nitrogens with zero attached hydrogens (tertiary/aromatic N) is 1. The maximum Gasteiger partial charge on any atom is 0.0911 e. The predicted molar refractivity (Wildman–Crippen MR) is 91.4 cm³/mol. The average molecular weight is 313 g/mol. The molecule has 0 saturated heterocycles. The Balaban J connectivity index is 1.63. The lowest BCUT2D eigenvalue weighted by atomic mass is 9.45. The van der Waals surface area contributed by atoms with E-state index in [9.17, 15) is 5.11 Å². The van der Waals surface area contributed by atoms with Crippen LogP contribution in [0.15, 0.2) is 11.6 Å². The van der Waals surface area contributed by atoms with Crippen molar-refractivity contribution in [3.05, 3.63) is 11.6 Å². The van der Waals surface area contributed by atoms with Crippen molar-refractivity contribution in [2.24, 2.45) is 34.5 Å². The maximum atomic E-state index is 10.1. The Bertz CT molecular complexity index is 561. The highest BCUT2D eigenvalue weighted by atomic mass is 16.3. The Morgan fingerprint density at radius 3 is 2.70 bits per heavy atom. The molecule has 7 atom stereocenters. The van der Waals surface area contributed by atoms with Gasteiger partial charge < -0.3 is 5.11 Å². The molecule has 2 heteroatoms. The molecule has 0 spiro atoms. The monoisotopic (exact) mass is 313 g/mol. The molecule has 126 valence electrons. The highest BCUT2D eigenvalue weighted by Crippen LogP contribution is 2.67. The van der Waals surface area contributed by atoms with Crippen molar-refractivity contribution >= 4 is 0 Å². The van der Waals surface area contributed by atoms with Crippen LogP contribution in [0.4, 0.5) is 0 Å². The van der Waals surface area contributed by atoms with E-state index in [0.29, 0.717) is 10.8 Å². The van der Waals surface area contributed by atoms with Gasteiger partial charge in [0.05, 0.1) is 12.2 Å². The summed E-state index contributed by atoms with van der Waals surface area (Å²) in [6.45, 7) is 4.99. The lowest BCUT2D eigenvalue weighted by molar-refractivity contribution is -0.116. The van der Waals surface area contributed by atoms with E-state index in [1.54, 1.807) is 0 Å². The minimum Gasteiger partial charge on any atom is -0.393 e.